The zero-order valence-electron chi connectivity index (χ0n) is 16.1. The Balaban J connectivity index is 1.42. The molecule has 0 unspecified atom stereocenters. The maximum absolute atomic E-state index is 12.6. The number of rotatable bonds is 6. The smallest absolute Gasteiger partial charge is 0.276 e. The van der Waals surface area contributed by atoms with E-state index in [1.165, 1.54) is 0 Å². The molecular weight excluding hydrogens is 434 g/mol. The van der Waals surface area contributed by atoms with Crippen molar-refractivity contribution in [3.05, 3.63) is 82.1 Å². The summed E-state index contributed by atoms with van der Waals surface area (Å²) in [5.41, 5.74) is 4.22. The van der Waals surface area contributed by atoms with E-state index < -0.39 is 0 Å². The second kappa shape index (κ2) is 8.04. The van der Waals surface area contributed by atoms with Crippen LogP contribution in [0.2, 0.25) is 0 Å². The Bertz CT molecular complexity index is 1160. The molecule has 3 heterocycles. The van der Waals surface area contributed by atoms with Crippen molar-refractivity contribution in [1.29, 1.82) is 0 Å². The van der Waals surface area contributed by atoms with Gasteiger partial charge in [-0.1, -0.05) is 12.1 Å². The average Bonchev–Trinajstić information content (AvgIpc) is 3.37. The number of carbonyl (C=O) groups excluding carboxylic acids is 1. The van der Waals surface area contributed by atoms with Crippen LogP contribution in [0.4, 0.5) is 5.69 Å². The average molecular weight is 454 g/mol. The summed E-state index contributed by atoms with van der Waals surface area (Å²) in [7, 11) is 0. The number of aryl methyl sites for hydroxylation is 2. The molecular formula is C20H20BrN7O. The van der Waals surface area contributed by atoms with E-state index in [0.717, 1.165) is 27.1 Å². The number of nitrogens with one attached hydrogen (secondary N) is 1. The lowest BCUT2D eigenvalue weighted by Crippen LogP contribution is -2.15. The summed E-state index contributed by atoms with van der Waals surface area (Å²) in [6.45, 7) is 5.09. The van der Waals surface area contributed by atoms with Crippen LogP contribution in [0.1, 0.15) is 27.4 Å². The van der Waals surface area contributed by atoms with Gasteiger partial charge in [-0.15, -0.1) is 0 Å². The number of benzene rings is 1. The minimum Gasteiger partial charge on any atom is -0.321 e. The summed E-state index contributed by atoms with van der Waals surface area (Å²) in [4.78, 5) is 12.6. The summed E-state index contributed by atoms with van der Waals surface area (Å²) in [5.74, 6) is -0.256. The quantitative estimate of drug-likeness (QED) is 0.484. The van der Waals surface area contributed by atoms with Crippen LogP contribution in [-0.4, -0.2) is 35.2 Å². The molecule has 0 saturated heterocycles. The number of halogens is 1. The lowest BCUT2D eigenvalue weighted by molar-refractivity contribution is 0.102. The van der Waals surface area contributed by atoms with E-state index in [4.69, 9.17) is 0 Å². The Morgan fingerprint density at radius 3 is 2.72 bits per heavy atom. The first-order chi connectivity index (χ1) is 14.0. The summed E-state index contributed by atoms with van der Waals surface area (Å²) in [6.07, 6.45) is 5.30. The van der Waals surface area contributed by atoms with Crippen LogP contribution in [0.15, 0.2) is 59.5 Å². The Kier molecular flexibility index (Phi) is 5.30. The second-order valence-electron chi connectivity index (χ2n) is 6.82. The fourth-order valence-corrected chi connectivity index (χ4v) is 3.40. The molecule has 1 N–H and O–H groups in total. The maximum atomic E-state index is 12.6. The molecule has 8 nitrogen and oxygen atoms in total. The molecule has 1 aromatic carbocycles. The topological polar surface area (TPSA) is 82.6 Å². The van der Waals surface area contributed by atoms with Crippen molar-refractivity contribution in [2.24, 2.45) is 0 Å². The van der Waals surface area contributed by atoms with E-state index in [1.807, 2.05) is 55.1 Å². The van der Waals surface area contributed by atoms with Gasteiger partial charge in [0.05, 0.1) is 22.9 Å². The highest BCUT2D eigenvalue weighted by Crippen LogP contribution is 2.14. The molecule has 0 radical (unpaired) electrons. The minimum absolute atomic E-state index is 0.256. The van der Waals surface area contributed by atoms with Crippen LogP contribution in [-0.2, 0) is 13.2 Å². The molecule has 3 aromatic heterocycles. The predicted molar refractivity (Wildman–Crippen MR) is 113 cm³/mol. The number of aromatic nitrogens is 6. The third-order valence-corrected chi connectivity index (χ3v) is 4.79. The van der Waals surface area contributed by atoms with Crippen molar-refractivity contribution in [2.45, 2.75) is 27.1 Å². The third kappa shape index (κ3) is 4.62. The normalized spacial score (nSPS) is 11.0. The number of carbonyl (C=O) groups is 1. The first-order valence-corrected chi connectivity index (χ1v) is 9.88. The van der Waals surface area contributed by atoms with Crippen molar-refractivity contribution in [2.75, 3.05) is 5.32 Å². The zero-order valence-corrected chi connectivity index (χ0v) is 17.7. The summed E-state index contributed by atoms with van der Waals surface area (Å²) >= 11 is 3.36. The van der Waals surface area contributed by atoms with Crippen molar-refractivity contribution < 1.29 is 4.79 Å². The number of nitrogens with zero attached hydrogens (tertiary/aromatic N) is 6. The molecule has 29 heavy (non-hydrogen) atoms. The molecule has 0 atom stereocenters. The fraction of sp³-hybridized carbons (Fsp3) is 0.200. The predicted octanol–water partition coefficient (Wildman–Crippen LogP) is 3.46. The van der Waals surface area contributed by atoms with Gasteiger partial charge in [0, 0.05) is 23.8 Å². The van der Waals surface area contributed by atoms with Crippen molar-refractivity contribution in [1.82, 2.24) is 29.3 Å². The molecule has 4 rings (SSSR count). The van der Waals surface area contributed by atoms with Crippen molar-refractivity contribution in [3.63, 3.8) is 0 Å². The molecule has 0 spiro atoms. The Labute approximate surface area is 176 Å². The number of hydrogen-bond acceptors (Lipinski definition) is 4. The van der Waals surface area contributed by atoms with Crippen LogP contribution >= 0.6 is 15.9 Å². The number of amides is 1. The monoisotopic (exact) mass is 453 g/mol. The third-order valence-electron chi connectivity index (χ3n) is 4.39. The van der Waals surface area contributed by atoms with Crippen LogP contribution in [0.25, 0.3) is 0 Å². The first-order valence-electron chi connectivity index (χ1n) is 9.09. The van der Waals surface area contributed by atoms with Crippen molar-refractivity contribution in [3.8, 4) is 0 Å². The zero-order chi connectivity index (χ0) is 20.4. The number of hydrogen-bond donors (Lipinski definition) is 1. The molecule has 0 aliphatic carbocycles. The van der Waals surface area contributed by atoms with E-state index in [-0.39, 0.29) is 5.91 Å². The van der Waals surface area contributed by atoms with Gasteiger partial charge in [0.1, 0.15) is 6.67 Å². The molecule has 0 saturated carbocycles. The van der Waals surface area contributed by atoms with Crippen LogP contribution in [0.5, 0.6) is 0 Å². The molecule has 1 amide bonds. The molecule has 0 aliphatic rings. The largest absolute Gasteiger partial charge is 0.321 e. The Morgan fingerprint density at radius 2 is 2.00 bits per heavy atom. The standard InChI is InChI=1S/C20H20BrN7O/c1-14-8-15(2)28(24-14)11-16-4-3-5-18(9-16)23-20(29)19-6-7-26(25-19)13-27-12-17(21)10-22-27/h3-10,12H,11,13H2,1-2H3,(H,23,29). The molecule has 0 fully saturated rings. The van der Waals surface area contributed by atoms with Gasteiger partial charge in [0.15, 0.2) is 5.69 Å². The number of anilines is 1. The fourth-order valence-electron chi connectivity index (χ4n) is 3.08. The van der Waals surface area contributed by atoms with E-state index in [9.17, 15) is 4.79 Å². The van der Waals surface area contributed by atoms with Gasteiger partial charge in [-0.3, -0.25) is 14.2 Å². The summed E-state index contributed by atoms with van der Waals surface area (Å²) in [5, 5.41) is 15.9. The van der Waals surface area contributed by atoms with Gasteiger partial charge < -0.3 is 5.32 Å². The van der Waals surface area contributed by atoms with Crippen LogP contribution in [0.3, 0.4) is 0 Å². The highest BCUT2D eigenvalue weighted by atomic mass is 79.9. The summed E-state index contributed by atoms with van der Waals surface area (Å²) < 4.78 is 6.23. The molecule has 4 aromatic rings. The second-order valence-corrected chi connectivity index (χ2v) is 7.73. The molecule has 0 aliphatic heterocycles. The van der Waals surface area contributed by atoms with Crippen LogP contribution < -0.4 is 5.32 Å². The van der Waals surface area contributed by atoms with Gasteiger partial charge in [-0.05, 0) is 59.6 Å². The minimum atomic E-state index is -0.256. The van der Waals surface area contributed by atoms with E-state index in [1.54, 1.807) is 27.8 Å². The molecule has 9 heteroatoms. The highest BCUT2D eigenvalue weighted by molar-refractivity contribution is 9.10. The van der Waals surface area contributed by atoms with E-state index in [2.05, 4.69) is 36.5 Å². The lowest BCUT2D eigenvalue weighted by atomic mass is 10.2. The van der Waals surface area contributed by atoms with Gasteiger partial charge in [0.2, 0.25) is 0 Å². The highest BCUT2D eigenvalue weighted by Gasteiger charge is 2.11. The van der Waals surface area contributed by atoms with E-state index in [0.29, 0.717) is 18.9 Å². The van der Waals surface area contributed by atoms with Gasteiger partial charge in [0.25, 0.3) is 5.91 Å². The lowest BCUT2D eigenvalue weighted by Gasteiger charge is -2.08. The SMILES string of the molecule is Cc1cc(C)n(Cc2cccc(NC(=O)c3ccn(Cn4cc(Br)cn4)n3)c2)n1. The van der Waals surface area contributed by atoms with Gasteiger partial charge >= 0.3 is 0 Å². The Morgan fingerprint density at radius 1 is 1.14 bits per heavy atom. The molecule has 0 bridgehead atoms. The maximum Gasteiger partial charge on any atom is 0.276 e. The van der Waals surface area contributed by atoms with Crippen molar-refractivity contribution >= 4 is 27.5 Å². The van der Waals surface area contributed by atoms with Gasteiger partial charge in [-0.2, -0.15) is 15.3 Å². The van der Waals surface area contributed by atoms with Gasteiger partial charge in [-0.25, -0.2) is 4.68 Å². The van der Waals surface area contributed by atoms with Crippen LogP contribution in [0, 0.1) is 13.8 Å². The summed E-state index contributed by atoms with van der Waals surface area (Å²) in [6, 6.07) is 11.5. The first kappa shape index (κ1) is 19.1. The Hall–Kier alpha value is -3.20. The molecule has 148 valence electrons. The van der Waals surface area contributed by atoms with E-state index >= 15 is 0 Å².